The molecular weight excluding hydrogens is 384 g/mol. The first kappa shape index (κ1) is 15.7. The van der Waals surface area contributed by atoms with Crippen molar-refractivity contribution in [1.82, 2.24) is 19.5 Å². The van der Waals surface area contributed by atoms with Crippen LogP contribution in [-0.2, 0) is 6.54 Å². The molecule has 6 nitrogen and oxygen atoms in total. The number of furan rings is 1. The molecule has 126 valence electrons. The Morgan fingerprint density at radius 1 is 1.20 bits per heavy atom. The number of carbonyl (C=O) groups is 1. The van der Waals surface area contributed by atoms with E-state index in [2.05, 4.69) is 26.3 Å². The van der Waals surface area contributed by atoms with Gasteiger partial charge in [-0.1, -0.05) is 12.1 Å². The summed E-state index contributed by atoms with van der Waals surface area (Å²) in [6, 6.07) is 13.1. The SMILES string of the molecule is O=C(NCCn1ccn2nc(-c3ccco3)cc12)c1ccccc1Br. The Morgan fingerprint density at radius 3 is 2.88 bits per heavy atom. The summed E-state index contributed by atoms with van der Waals surface area (Å²) in [7, 11) is 0. The Hall–Kier alpha value is -2.80. The Bertz CT molecular complexity index is 1020. The van der Waals surface area contributed by atoms with Crippen LogP contribution in [0.5, 0.6) is 0 Å². The van der Waals surface area contributed by atoms with E-state index in [1.165, 1.54) is 0 Å². The molecule has 0 saturated carbocycles. The molecule has 3 heterocycles. The summed E-state index contributed by atoms with van der Waals surface area (Å²) in [5, 5.41) is 7.43. The number of halogens is 1. The Balaban J connectivity index is 1.45. The van der Waals surface area contributed by atoms with Crippen LogP contribution in [0.3, 0.4) is 0 Å². The average molecular weight is 399 g/mol. The number of aromatic nitrogens is 3. The van der Waals surface area contributed by atoms with Crippen LogP contribution in [0, 0.1) is 0 Å². The van der Waals surface area contributed by atoms with Gasteiger partial charge in [0.15, 0.2) is 5.76 Å². The van der Waals surface area contributed by atoms with Crippen molar-refractivity contribution < 1.29 is 9.21 Å². The van der Waals surface area contributed by atoms with Gasteiger partial charge in [-0.3, -0.25) is 4.79 Å². The summed E-state index contributed by atoms with van der Waals surface area (Å²) in [6.07, 6.45) is 5.46. The van der Waals surface area contributed by atoms with Crippen molar-refractivity contribution in [2.45, 2.75) is 6.54 Å². The monoisotopic (exact) mass is 398 g/mol. The molecule has 0 unspecified atom stereocenters. The summed E-state index contributed by atoms with van der Waals surface area (Å²) in [4.78, 5) is 12.2. The van der Waals surface area contributed by atoms with E-state index >= 15 is 0 Å². The van der Waals surface area contributed by atoms with Gasteiger partial charge >= 0.3 is 0 Å². The van der Waals surface area contributed by atoms with Crippen LogP contribution in [0.25, 0.3) is 17.1 Å². The maximum Gasteiger partial charge on any atom is 0.252 e. The first-order valence-electron chi connectivity index (χ1n) is 7.83. The standard InChI is InChI=1S/C18H15BrN4O2/c19-14-5-2-1-4-13(14)18(24)20-7-8-22-9-10-23-17(22)12-15(21-23)16-6-3-11-25-16/h1-6,9-12H,7-8H2,(H,20,24). The number of benzene rings is 1. The minimum Gasteiger partial charge on any atom is -0.463 e. The van der Waals surface area contributed by atoms with Crippen molar-refractivity contribution in [3.8, 4) is 11.5 Å². The van der Waals surface area contributed by atoms with Crippen LogP contribution in [0.2, 0.25) is 0 Å². The number of nitrogens with zero attached hydrogens (tertiary/aromatic N) is 3. The molecule has 4 rings (SSSR count). The number of amides is 1. The zero-order valence-electron chi connectivity index (χ0n) is 13.2. The number of hydrogen-bond acceptors (Lipinski definition) is 3. The van der Waals surface area contributed by atoms with Gasteiger partial charge in [-0.15, -0.1) is 0 Å². The van der Waals surface area contributed by atoms with Gasteiger partial charge < -0.3 is 14.3 Å². The van der Waals surface area contributed by atoms with Crippen molar-refractivity contribution in [2.24, 2.45) is 0 Å². The second-order valence-corrected chi connectivity index (χ2v) is 6.39. The second kappa shape index (κ2) is 6.60. The van der Waals surface area contributed by atoms with E-state index in [9.17, 15) is 4.79 Å². The molecule has 1 aromatic carbocycles. The number of imidazole rings is 1. The normalized spacial score (nSPS) is 11.1. The summed E-state index contributed by atoms with van der Waals surface area (Å²) in [5.74, 6) is 0.637. The first-order chi connectivity index (χ1) is 12.2. The van der Waals surface area contributed by atoms with Gasteiger partial charge in [0.2, 0.25) is 0 Å². The lowest BCUT2D eigenvalue weighted by molar-refractivity contribution is 0.0951. The number of fused-ring (bicyclic) bond motifs is 1. The molecule has 0 saturated heterocycles. The van der Waals surface area contributed by atoms with E-state index in [4.69, 9.17) is 4.42 Å². The molecule has 1 amide bonds. The zero-order valence-corrected chi connectivity index (χ0v) is 14.8. The van der Waals surface area contributed by atoms with Gasteiger partial charge in [0.1, 0.15) is 11.3 Å². The zero-order chi connectivity index (χ0) is 17.2. The molecule has 0 aliphatic rings. The molecule has 0 bridgehead atoms. The third-order valence-electron chi connectivity index (χ3n) is 3.93. The number of rotatable bonds is 5. The van der Waals surface area contributed by atoms with Gasteiger partial charge in [0.05, 0.1) is 11.8 Å². The van der Waals surface area contributed by atoms with Crippen LogP contribution in [-0.4, -0.2) is 26.6 Å². The molecule has 0 spiro atoms. The van der Waals surface area contributed by atoms with E-state index in [-0.39, 0.29) is 5.91 Å². The van der Waals surface area contributed by atoms with Crippen LogP contribution in [0.4, 0.5) is 0 Å². The first-order valence-corrected chi connectivity index (χ1v) is 8.63. The molecule has 0 atom stereocenters. The van der Waals surface area contributed by atoms with Gasteiger partial charge in [0.25, 0.3) is 5.91 Å². The fraction of sp³-hybridized carbons (Fsp3) is 0.111. The number of hydrogen-bond donors (Lipinski definition) is 1. The quantitative estimate of drug-likeness (QED) is 0.558. The van der Waals surface area contributed by atoms with Gasteiger partial charge in [-0.25, -0.2) is 4.52 Å². The summed E-state index contributed by atoms with van der Waals surface area (Å²) >= 11 is 3.40. The van der Waals surface area contributed by atoms with E-state index in [1.807, 2.05) is 53.4 Å². The molecule has 7 heteroatoms. The van der Waals surface area contributed by atoms with Crippen LogP contribution in [0.1, 0.15) is 10.4 Å². The van der Waals surface area contributed by atoms with E-state index in [1.54, 1.807) is 16.8 Å². The van der Waals surface area contributed by atoms with Crippen molar-refractivity contribution in [2.75, 3.05) is 6.54 Å². The highest BCUT2D eigenvalue weighted by molar-refractivity contribution is 9.10. The lowest BCUT2D eigenvalue weighted by atomic mass is 10.2. The maximum absolute atomic E-state index is 12.2. The third-order valence-corrected chi connectivity index (χ3v) is 4.62. The van der Waals surface area contributed by atoms with Crippen molar-refractivity contribution in [1.29, 1.82) is 0 Å². The highest BCUT2D eigenvalue weighted by Gasteiger charge is 2.11. The molecule has 0 aliphatic carbocycles. The minimum atomic E-state index is -0.0968. The third kappa shape index (κ3) is 3.10. The number of nitrogens with one attached hydrogen (secondary N) is 1. The smallest absolute Gasteiger partial charge is 0.252 e. The topological polar surface area (TPSA) is 64.5 Å². The van der Waals surface area contributed by atoms with Crippen LogP contribution < -0.4 is 5.32 Å². The summed E-state index contributed by atoms with van der Waals surface area (Å²) < 4.78 is 10.0. The highest BCUT2D eigenvalue weighted by atomic mass is 79.9. The number of carbonyl (C=O) groups excluding carboxylic acids is 1. The Morgan fingerprint density at radius 2 is 2.08 bits per heavy atom. The fourth-order valence-corrected chi connectivity index (χ4v) is 3.16. The lowest BCUT2D eigenvalue weighted by Crippen LogP contribution is -2.27. The minimum absolute atomic E-state index is 0.0968. The molecule has 0 radical (unpaired) electrons. The molecule has 0 aliphatic heterocycles. The summed E-state index contributed by atoms with van der Waals surface area (Å²) in [5.41, 5.74) is 2.36. The predicted molar refractivity (Wildman–Crippen MR) is 97.4 cm³/mol. The van der Waals surface area contributed by atoms with Gasteiger partial charge in [0, 0.05) is 36.0 Å². The van der Waals surface area contributed by atoms with E-state index in [0.29, 0.717) is 18.7 Å². The van der Waals surface area contributed by atoms with Gasteiger partial charge in [-0.2, -0.15) is 5.10 Å². The molecule has 3 aromatic heterocycles. The van der Waals surface area contributed by atoms with Gasteiger partial charge in [-0.05, 0) is 40.2 Å². The van der Waals surface area contributed by atoms with E-state index in [0.717, 1.165) is 21.6 Å². The lowest BCUT2D eigenvalue weighted by Gasteiger charge is -2.07. The van der Waals surface area contributed by atoms with Crippen LogP contribution >= 0.6 is 15.9 Å². The highest BCUT2D eigenvalue weighted by Crippen LogP contribution is 2.20. The second-order valence-electron chi connectivity index (χ2n) is 5.54. The predicted octanol–water partition coefficient (Wildman–Crippen LogP) is 3.59. The fourth-order valence-electron chi connectivity index (χ4n) is 2.69. The van der Waals surface area contributed by atoms with E-state index < -0.39 is 0 Å². The molecule has 0 fully saturated rings. The molecule has 4 aromatic rings. The maximum atomic E-state index is 12.2. The molecule has 25 heavy (non-hydrogen) atoms. The van der Waals surface area contributed by atoms with Crippen molar-refractivity contribution in [3.05, 3.63) is 71.2 Å². The van der Waals surface area contributed by atoms with Crippen molar-refractivity contribution >= 4 is 27.5 Å². The summed E-state index contributed by atoms with van der Waals surface area (Å²) in [6.45, 7) is 1.17. The largest absolute Gasteiger partial charge is 0.463 e. The van der Waals surface area contributed by atoms with Crippen molar-refractivity contribution in [3.63, 3.8) is 0 Å². The molecular formula is C18H15BrN4O2. The average Bonchev–Trinajstić information content (AvgIpc) is 3.32. The molecule has 1 N–H and O–H groups in total. The Kier molecular flexibility index (Phi) is 4.15. The Labute approximate surface area is 152 Å². The van der Waals surface area contributed by atoms with Crippen LogP contribution in [0.15, 0.2) is 70.0 Å².